The van der Waals surface area contributed by atoms with Crippen LogP contribution in [0, 0.1) is 12.7 Å². The Kier molecular flexibility index (Phi) is 5.59. The van der Waals surface area contributed by atoms with Crippen LogP contribution in [0.2, 0.25) is 0 Å². The molecule has 0 spiro atoms. The van der Waals surface area contributed by atoms with Crippen molar-refractivity contribution in [3.63, 3.8) is 0 Å². The molecule has 0 radical (unpaired) electrons. The monoisotopic (exact) mass is 418 g/mol. The lowest BCUT2D eigenvalue weighted by atomic mass is 10.0. The van der Waals surface area contributed by atoms with Crippen molar-refractivity contribution in [3.8, 4) is 0 Å². The summed E-state index contributed by atoms with van der Waals surface area (Å²) in [6, 6.07) is 22.7. The van der Waals surface area contributed by atoms with E-state index in [-0.39, 0.29) is 16.4 Å². The van der Waals surface area contributed by atoms with E-state index in [1.165, 1.54) is 16.5 Å². The SMILES string of the molecule is Cc1cccc(/C=C2\ONC(=S)N(c3ccc(Cc4ccccc4)cc3)C2=O)c1F. The number of carbonyl (C=O) groups excluding carboxylic acids is 1. The Labute approximate surface area is 179 Å². The maximum Gasteiger partial charge on any atom is 0.303 e. The van der Waals surface area contributed by atoms with Crippen LogP contribution in [-0.4, -0.2) is 11.0 Å². The Morgan fingerprint density at radius 2 is 1.70 bits per heavy atom. The highest BCUT2D eigenvalue weighted by Crippen LogP contribution is 2.24. The number of anilines is 1. The lowest BCUT2D eigenvalue weighted by molar-refractivity contribution is -0.119. The summed E-state index contributed by atoms with van der Waals surface area (Å²) in [7, 11) is 0. The van der Waals surface area contributed by atoms with Crippen LogP contribution in [-0.2, 0) is 16.1 Å². The quantitative estimate of drug-likeness (QED) is 0.482. The summed E-state index contributed by atoms with van der Waals surface area (Å²) in [6.45, 7) is 1.66. The van der Waals surface area contributed by atoms with Gasteiger partial charge in [-0.2, -0.15) is 5.48 Å². The molecule has 1 aliphatic rings. The number of carbonyl (C=O) groups is 1. The first-order valence-electron chi connectivity index (χ1n) is 9.44. The van der Waals surface area contributed by atoms with Crippen LogP contribution in [0.5, 0.6) is 0 Å². The first-order valence-corrected chi connectivity index (χ1v) is 9.85. The molecule has 4 rings (SSSR count). The molecular formula is C24H19FN2O2S. The van der Waals surface area contributed by atoms with Gasteiger partial charge in [-0.15, -0.1) is 0 Å². The summed E-state index contributed by atoms with van der Waals surface area (Å²) < 4.78 is 14.3. The number of amides is 1. The van der Waals surface area contributed by atoms with Crippen LogP contribution >= 0.6 is 12.2 Å². The molecule has 4 nitrogen and oxygen atoms in total. The summed E-state index contributed by atoms with van der Waals surface area (Å²) in [5, 5.41) is 0.123. The van der Waals surface area contributed by atoms with Gasteiger partial charge in [-0.3, -0.25) is 4.79 Å². The van der Waals surface area contributed by atoms with E-state index in [1.54, 1.807) is 25.1 Å². The summed E-state index contributed by atoms with van der Waals surface area (Å²) in [6.07, 6.45) is 2.16. The Morgan fingerprint density at radius 1 is 1.00 bits per heavy atom. The minimum Gasteiger partial charge on any atom is -0.374 e. The molecule has 1 fully saturated rings. The molecule has 1 amide bonds. The van der Waals surface area contributed by atoms with Gasteiger partial charge < -0.3 is 4.84 Å². The maximum atomic E-state index is 14.3. The summed E-state index contributed by atoms with van der Waals surface area (Å²) in [4.78, 5) is 19.6. The maximum absolute atomic E-state index is 14.3. The highest BCUT2D eigenvalue weighted by atomic mass is 32.1. The minimum absolute atomic E-state index is 0.0403. The van der Waals surface area contributed by atoms with E-state index in [2.05, 4.69) is 17.6 Å². The first kappa shape index (κ1) is 19.8. The second kappa shape index (κ2) is 8.47. The van der Waals surface area contributed by atoms with E-state index >= 15 is 0 Å². The number of hydrogen-bond donors (Lipinski definition) is 1. The van der Waals surface area contributed by atoms with Crippen molar-refractivity contribution >= 4 is 35.0 Å². The van der Waals surface area contributed by atoms with E-state index in [9.17, 15) is 9.18 Å². The lowest BCUT2D eigenvalue weighted by Crippen LogP contribution is -2.50. The van der Waals surface area contributed by atoms with E-state index in [0.29, 0.717) is 11.3 Å². The number of aryl methyl sites for hydroxylation is 1. The molecule has 1 saturated heterocycles. The van der Waals surface area contributed by atoms with Crippen molar-refractivity contribution in [2.24, 2.45) is 0 Å². The number of nitrogens with one attached hydrogen (secondary N) is 1. The van der Waals surface area contributed by atoms with E-state index < -0.39 is 11.7 Å². The molecule has 6 heteroatoms. The highest BCUT2D eigenvalue weighted by molar-refractivity contribution is 7.80. The molecule has 0 aliphatic carbocycles. The number of thiocarbonyl (C=S) groups is 1. The van der Waals surface area contributed by atoms with Crippen molar-refractivity contribution in [2.75, 3.05) is 4.90 Å². The number of hydroxylamine groups is 1. The average Bonchev–Trinajstić information content (AvgIpc) is 2.75. The lowest BCUT2D eigenvalue weighted by Gasteiger charge is -2.29. The van der Waals surface area contributed by atoms with Gasteiger partial charge in [0.1, 0.15) is 5.82 Å². The fraction of sp³-hybridized carbons (Fsp3) is 0.0833. The van der Waals surface area contributed by atoms with Crippen molar-refractivity contribution in [3.05, 3.63) is 107 Å². The smallest absolute Gasteiger partial charge is 0.303 e. The van der Waals surface area contributed by atoms with Crippen LogP contribution in [0.4, 0.5) is 10.1 Å². The first-order chi connectivity index (χ1) is 14.5. The molecule has 0 bridgehead atoms. The molecule has 0 unspecified atom stereocenters. The molecular weight excluding hydrogens is 399 g/mol. The Bertz CT molecular complexity index is 1130. The zero-order valence-electron chi connectivity index (χ0n) is 16.3. The Balaban J connectivity index is 1.58. The van der Waals surface area contributed by atoms with E-state index in [1.807, 2.05) is 42.5 Å². The van der Waals surface area contributed by atoms with Crippen molar-refractivity contribution in [2.45, 2.75) is 13.3 Å². The summed E-state index contributed by atoms with van der Waals surface area (Å²) >= 11 is 5.26. The topological polar surface area (TPSA) is 41.6 Å². The number of rotatable bonds is 4. The summed E-state index contributed by atoms with van der Waals surface area (Å²) in [5.41, 5.74) is 6.25. The zero-order valence-corrected chi connectivity index (χ0v) is 17.1. The normalized spacial score (nSPS) is 15.1. The van der Waals surface area contributed by atoms with Crippen LogP contribution < -0.4 is 10.4 Å². The predicted molar refractivity (Wildman–Crippen MR) is 119 cm³/mol. The molecule has 1 N–H and O–H groups in total. The molecule has 0 aromatic heterocycles. The second-order valence-electron chi connectivity index (χ2n) is 6.97. The van der Waals surface area contributed by atoms with Gasteiger partial charge in [0.2, 0.25) is 10.9 Å². The van der Waals surface area contributed by atoms with Crippen molar-refractivity contribution < 1.29 is 14.0 Å². The van der Waals surface area contributed by atoms with E-state index in [0.717, 1.165) is 12.0 Å². The van der Waals surface area contributed by atoms with Crippen molar-refractivity contribution in [1.29, 1.82) is 0 Å². The molecule has 1 aliphatic heterocycles. The third kappa shape index (κ3) is 4.09. The van der Waals surface area contributed by atoms with Gasteiger partial charge in [0.25, 0.3) is 0 Å². The number of nitrogens with zero attached hydrogens (tertiary/aromatic N) is 1. The summed E-state index contributed by atoms with van der Waals surface area (Å²) in [5.74, 6) is -0.900. The van der Waals surface area contributed by atoms with Gasteiger partial charge in [-0.25, -0.2) is 9.29 Å². The third-order valence-electron chi connectivity index (χ3n) is 4.82. The largest absolute Gasteiger partial charge is 0.374 e. The molecule has 0 saturated carbocycles. The molecule has 1 heterocycles. The standard InChI is InChI=1S/C24H19FN2O2S/c1-16-6-5-9-19(22(16)25)15-21-23(28)27(24(30)26-29-21)20-12-10-18(11-13-20)14-17-7-3-2-4-8-17/h2-13,15H,14H2,1H3,(H,26,30)/b21-15-. The molecule has 150 valence electrons. The zero-order chi connectivity index (χ0) is 21.1. The predicted octanol–water partition coefficient (Wildman–Crippen LogP) is 4.92. The second-order valence-corrected chi connectivity index (χ2v) is 7.35. The fourth-order valence-corrected chi connectivity index (χ4v) is 3.46. The van der Waals surface area contributed by atoms with Gasteiger partial charge in [0, 0.05) is 5.56 Å². The number of benzene rings is 3. The van der Waals surface area contributed by atoms with Gasteiger partial charge in [-0.1, -0.05) is 60.7 Å². The minimum atomic E-state index is -0.463. The van der Waals surface area contributed by atoms with Crippen molar-refractivity contribution in [1.82, 2.24) is 5.48 Å². The van der Waals surface area contributed by atoms with Crippen LogP contribution in [0.25, 0.3) is 6.08 Å². The molecule has 0 atom stereocenters. The Hall–Kier alpha value is -3.51. The Morgan fingerprint density at radius 3 is 2.43 bits per heavy atom. The third-order valence-corrected chi connectivity index (χ3v) is 5.09. The van der Waals surface area contributed by atoms with E-state index in [4.69, 9.17) is 17.1 Å². The van der Waals surface area contributed by atoms with Gasteiger partial charge in [-0.05, 0) is 60.5 Å². The molecule has 30 heavy (non-hydrogen) atoms. The van der Waals surface area contributed by atoms with Crippen LogP contribution in [0.15, 0.2) is 78.6 Å². The number of halogens is 1. The average molecular weight is 418 g/mol. The number of hydrogen-bond acceptors (Lipinski definition) is 3. The molecule has 3 aromatic rings. The van der Waals surface area contributed by atoms with Gasteiger partial charge >= 0.3 is 5.91 Å². The molecule has 3 aromatic carbocycles. The highest BCUT2D eigenvalue weighted by Gasteiger charge is 2.31. The van der Waals surface area contributed by atoms with Gasteiger partial charge in [0.05, 0.1) is 5.69 Å². The van der Waals surface area contributed by atoms with Gasteiger partial charge in [0.15, 0.2) is 0 Å². The van der Waals surface area contributed by atoms with Crippen LogP contribution in [0.3, 0.4) is 0 Å². The van der Waals surface area contributed by atoms with Crippen LogP contribution in [0.1, 0.15) is 22.3 Å². The fourth-order valence-electron chi connectivity index (χ4n) is 3.23.